The van der Waals surface area contributed by atoms with Gasteiger partial charge in [-0.25, -0.2) is 4.39 Å². The van der Waals surface area contributed by atoms with E-state index in [4.69, 9.17) is 5.26 Å². The molecule has 3 heteroatoms. The van der Waals surface area contributed by atoms with E-state index in [1.54, 1.807) is 12.1 Å². The van der Waals surface area contributed by atoms with Crippen molar-refractivity contribution in [3.05, 3.63) is 58.4 Å². The third-order valence-corrected chi connectivity index (χ3v) is 3.06. The van der Waals surface area contributed by atoms with E-state index in [2.05, 4.69) is 17.4 Å². The Morgan fingerprint density at radius 1 is 1.11 bits per heavy atom. The highest BCUT2D eigenvalue weighted by atomic mass is 19.1. The minimum absolute atomic E-state index is 0.0434. The van der Waals surface area contributed by atoms with Crippen molar-refractivity contribution in [2.75, 3.05) is 5.32 Å². The Balaban J connectivity index is 2.49. The van der Waals surface area contributed by atoms with Gasteiger partial charge in [0.1, 0.15) is 17.4 Å². The summed E-state index contributed by atoms with van der Waals surface area (Å²) in [6, 6.07) is 10.6. The maximum Gasteiger partial charge on any atom is 0.143 e. The molecule has 0 spiro atoms. The molecular weight excluding hydrogens is 239 g/mol. The molecule has 0 aromatic heterocycles. The molecule has 2 aromatic rings. The third kappa shape index (κ3) is 2.58. The summed E-state index contributed by atoms with van der Waals surface area (Å²) in [7, 11) is 0. The Morgan fingerprint density at radius 3 is 2.32 bits per heavy atom. The number of rotatable bonds is 2. The largest absolute Gasteiger partial charge is 0.354 e. The van der Waals surface area contributed by atoms with Gasteiger partial charge in [-0.2, -0.15) is 5.26 Å². The number of hydrogen-bond donors (Lipinski definition) is 1. The summed E-state index contributed by atoms with van der Waals surface area (Å²) in [5.74, 6) is -0.505. The van der Waals surface area contributed by atoms with E-state index >= 15 is 0 Å². The number of nitriles is 1. The van der Waals surface area contributed by atoms with E-state index in [0.29, 0.717) is 5.69 Å². The maximum atomic E-state index is 13.6. The van der Waals surface area contributed by atoms with Crippen molar-refractivity contribution in [2.24, 2.45) is 0 Å². The second kappa shape index (κ2) is 5.11. The van der Waals surface area contributed by atoms with E-state index in [0.717, 1.165) is 16.8 Å². The van der Waals surface area contributed by atoms with E-state index in [9.17, 15) is 4.39 Å². The highest BCUT2D eigenvalue weighted by Gasteiger charge is 2.10. The summed E-state index contributed by atoms with van der Waals surface area (Å²) < 4.78 is 13.6. The Bertz CT molecular complexity index is 646. The van der Waals surface area contributed by atoms with Crippen LogP contribution in [0.3, 0.4) is 0 Å². The van der Waals surface area contributed by atoms with Crippen molar-refractivity contribution in [3.8, 4) is 6.07 Å². The summed E-state index contributed by atoms with van der Waals surface area (Å²) >= 11 is 0. The van der Waals surface area contributed by atoms with Gasteiger partial charge < -0.3 is 5.32 Å². The number of benzene rings is 2. The zero-order valence-corrected chi connectivity index (χ0v) is 11.2. The van der Waals surface area contributed by atoms with Gasteiger partial charge in [0.15, 0.2) is 0 Å². The lowest BCUT2D eigenvalue weighted by atomic mass is 10.0. The van der Waals surface area contributed by atoms with Crippen LogP contribution in [0.4, 0.5) is 15.8 Å². The summed E-state index contributed by atoms with van der Waals surface area (Å²) in [5, 5.41) is 12.2. The minimum Gasteiger partial charge on any atom is -0.354 e. The number of nitrogens with one attached hydrogen (secondary N) is 1. The van der Waals surface area contributed by atoms with Crippen molar-refractivity contribution in [3.63, 3.8) is 0 Å². The van der Waals surface area contributed by atoms with Crippen LogP contribution in [0.15, 0.2) is 30.3 Å². The fourth-order valence-electron chi connectivity index (χ4n) is 2.25. The molecular formula is C16H15FN2. The van der Waals surface area contributed by atoms with Crippen molar-refractivity contribution in [1.29, 1.82) is 5.26 Å². The Kier molecular flexibility index (Phi) is 3.52. The molecule has 2 aromatic carbocycles. The topological polar surface area (TPSA) is 35.8 Å². The molecule has 0 aliphatic rings. The molecule has 0 bridgehead atoms. The summed E-state index contributed by atoms with van der Waals surface area (Å²) in [6.07, 6.45) is 0. The molecule has 96 valence electrons. The van der Waals surface area contributed by atoms with Crippen LogP contribution in [0.5, 0.6) is 0 Å². The number of nitrogens with zero attached hydrogens (tertiary/aromatic N) is 1. The fraction of sp³-hybridized carbons (Fsp3) is 0.188. The fourth-order valence-corrected chi connectivity index (χ4v) is 2.25. The van der Waals surface area contributed by atoms with Gasteiger partial charge >= 0.3 is 0 Å². The van der Waals surface area contributed by atoms with Crippen LogP contribution in [0.2, 0.25) is 0 Å². The van der Waals surface area contributed by atoms with E-state index in [1.807, 2.05) is 26.8 Å². The lowest BCUT2D eigenvalue weighted by molar-refractivity contribution is 0.624. The molecule has 0 aliphatic carbocycles. The van der Waals surface area contributed by atoms with Gasteiger partial charge in [-0.15, -0.1) is 0 Å². The number of hydrogen-bond acceptors (Lipinski definition) is 2. The van der Waals surface area contributed by atoms with Gasteiger partial charge in [0, 0.05) is 5.69 Å². The zero-order chi connectivity index (χ0) is 14.0. The van der Waals surface area contributed by atoms with Crippen LogP contribution in [-0.2, 0) is 0 Å². The normalized spacial score (nSPS) is 10.1. The van der Waals surface area contributed by atoms with Crippen LogP contribution in [0.25, 0.3) is 0 Å². The molecule has 0 heterocycles. The highest BCUT2D eigenvalue weighted by Crippen LogP contribution is 2.28. The first-order valence-corrected chi connectivity index (χ1v) is 6.06. The van der Waals surface area contributed by atoms with Crippen molar-refractivity contribution < 1.29 is 4.39 Å². The molecule has 0 amide bonds. The molecule has 0 fully saturated rings. The molecule has 2 rings (SSSR count). The first kappa shape index (κ1) is 13.1. The molecule has 0 unspecified atom stereocenters. The first-order chi connectivity index (χ1) is 9.02. The number of halogens is 1. The lowest BCUT2D eigenvalue weighted by Gasteiger charge is -2.15. The molecule has 0 saturated carbocycles. The third-order valence-electron chi connectivity index (χ3n) is 3.06. The van der Waals surface area contributed by atoms with Gasteiger partial charge in [0.25, 0.3) is 0 Å². The van der Waals surface area contributed by atoms with Crippen LogP contribution in [0.1, 0.15) is 22.3 Å². The lowest BCUT2D eigenvalue weighted by Crippen LogP contribution is -2.00. The van der Waals surface area contributed by atoms with Crippen molar-refractivity contribution in [1.82, 2.24) is 0 Å². The Hall–Kier alpha value is -2.34. The summed E-state index contributed by atoms with van der Waals surface area (Å²) in [5.41, 5.74) is 4.80. The predicted molar refractivity (Wildman–Crippen MR) is 75.1 cm³/mol. The maximum absolute atomic E-state index is 13.6. The van der Waals surface area contributed by atoms with Crippen LogP contribution < -0.4 is 5.32 Å². The average Bonchev–Trinajstić information content (AvgIpc) is 2.34. The van der Waals surface area contributed by atoms with Gasteiger partial charge in [0.05, 0.1) is 5.69 Å². The SMILES string of the molecule is Cc1cc(C)c(Nc2cccc(F)c2C#N)c(C)c1. The standard InChI is InChI=1S/C16H15FN2/c1-10-7-11(2)16(12(3)8-10)19-15-6-4-5-14(17)13(15)9-18/h4-8,19H,1-3H3. The molecule has 0 saturated heterocycles. The minimum atomic E-state index is -0.505. The van der Waals surface area contributed by atoms with Crippen LogP contribution >= 0.6 is 0 Å². The van der Waals surface area contributed by atoms with Gasteiger partial charge in [-0.05, 0) is 44.0 Å². The zero-order valence-electron chi connectivity index (χ0n) is 11.2. The van der Waals surface area contributed by atoms with Crippen LogP contribution in [0, 0.1) is 37.9 Å². The molecule has 19 heavy (non-hydrogen) atoms. The Labute approximate surface area is 112 Å². The van der Waals surface area contributed by atoms with E-state index < -0.39 is 5.82 Å². The monoisotopic (exact) mass is 254 g/mol. The molecule has 2 nitrogen and oxygen atoms in total. The molecule has 0 aliphatic heterocycles. The van der Waals surface area contributed by atoms with Crippen LogP contribution in [-0.4, -0.2) is 0 Å². The van der Waals surface area contributed by atoms with E-state index in [-0.39, 0.29) is 5.56 Å². The van der Waals surface area contributed by atoms with E-state index in [1.165, 1.54) is 11.6 Å². The molecule has 1 N–H and O–H groups in total. The average molecular weight is 254 g/mol. The van der Waals surface area contributed by atoms with Gasteiger partial charge in [-0.1, -0.05) is 23.8 Å². The summed E-state index contributed by atoms with van der Waals surface area (Å²) in [4.78, 5) is 0. The summed E-state index contributed by atoms with van der Waals surface area (Å²) in [6.45, 7) is 6.02. The second-order valence-electron chi connectivity index (χ2n) is 4.67. The predicted octanol–water partition coefficient (Wildman–Crippen LogP) is 4.37. The molecule has 0 atom stereocenters. The molecule has 0 radical (unpaired) electrons. The van der Waals surface area contributed by atoms with Crippen molar-refractivity contribution >= 4 is 11.4 Å². The number of aryl methyl sites for hydroxylation is 3. The van der Waals surface area contributed by atoms with Gasteiger partial charge in [0.2, 0.25) is 0 Å². The van der Waals surface area contributed by atoms with Gasteiger partial charge in [-0.3, -0.25) is 0 Å². The Morgan fingerprint density at radius 2 is 1.74 bits per heavy atom. The quantitative estimate of drug-likeness (QED) is 0.864. The second-order valence-corrected chi connectivity index (χ2v) is 4.67. The van der Waals surface area contributed by atoms with Crippen molar-refractivity contribution in [2.45, 2.75) is 20.8 Å². The smallest absolute Gasteiger partial charge is 0.143 e. The number of anilines is 2. The highest BCUT2D eigenvalue weighted by molar-refractivity contribution is 5.71. The first-order valence-electron chi connectivity index (χ1n) is 6.06.